The highest BCUT2D eigenvalue weighted by atomic mass is 15.0. The summed E-state index contributed by atoms with van der Waals surface area (Å²) in [4.78, 5) is 0. The quantitative estimate of drug-likeness (QED) is 0.553. The van der Waals surface area contributed by atoms with Gasteiger partial charge in [0.25, 0.3) is 0 Å². The summed E-state index contributed by atoms with van der Waals surface area (Å²) in [7, 11) is 0. The Morgan fingerprint density at radius 3 is 2.05 bits per heavy atom. The molecule has 21 heavy (non-hydrogen) atoms. The Labute approximate surface area is 124 Å². The van der Waals surface area contributed by atoms with Crippen LogP contribution in [0.3, 0.4) is 0 Å². The summed E-state index contributed by atoms with van der Waals surface area (Å²) >= 11 is 0. The zero-order valence-corrected chi connectivity index (χ0v) is 11.9. The molecule has 2 bridgehead atoms. The predicted molar refractivity (Wildman–Crippen MR) is 84.0 cm³/mol. The topological polar surface area (TPSA) is 4.41 Å². The van der Waals surface area contributed by atoms with Gasteiger partial charge < -0.3 is 4.40 Å². The Kier molecular flexibility index (Phi) is 1.73. The molecule has 4 atom stereocenters. The molecule has 1 fully saturated rings. The van der Waals surface area contributed by atoms with Crippen molar-refractivity contribution in [2.24, 2.45) is 0 Å². The molecule has 4 aliphatic rings. The van der Waals surface area contributed by atoms with Crippen LogP contribution in [-0.4, -0.2) is 4.40 Å². The van der Waals surface area contributed by atoms with Crippen LogP contribution in [0.25, 0.3) is 5.52 Å². The second-order valence-electron chi connectivity index (χ2n) is 6.94. The maximum absolute atomic E-state index is 2.55. The van der Waals surface area contributed by atoms with Crippen LogP contribution in [-0.2, 0) is 0 Å². The molecule has 2 aromatic heterocycles. The molecular formula is C20H17N. The van der Waals surface area contributed by atoms with Gasteiger partial charge in [0.2, 0.25) is 0 Å². The van der Waals surface area contributed by atoms with Crippen molar-refractivity contribution in [1.29, 1.82) is 0 Å². The lowest BCUT2D eigenvalue weighted by Gasteiger charge is -2.47. The van der Waals surface area contributed by atoms with Crippen molar-refractivity contribution >= 4 is 5.52 Å². The van der Waals surface area contributed by atoms with Crippen molar-refractivity contribution in [3.8, 4) is 0 Å². The number of hydrogen-bond acceptors (Lipinski definition) is 0. The molecule has 1 heteroatoms. The Morgan fingerprint density at radius 1 is 0.667 bits per heavy atom. The number of nitrogens with zero attached hydrogens (tertiary/aromatic N) is 1. The summed E-state index contributed by atoms with van der Waals surface area (Å²) in [6.07, 6.45) is 2.73. The highest BCUT2D eigenvalue weighted by Crippen LogP contribution is 2.65. The van der Waals surface area contributed by atoms with E-state index in [1.807, 2.05) is 0 Å². The number of rotatable bonds is 0. The molecule has 0 spiro atoms. The van der Waals surface area contributed by atoms with Gasteiger partial charge in [-0.25, -0.2) is 0 Å². The first-order valence-electron chi connectivity index (χ1n) is 8.12. The smallest absolute Gasteiger partial charge is 0.0456 e. The predicted octanol–water partition coefficient (Wildman–Crippen LogP) is 4.79. The van der Waals surface area contributed by atoms with Crippen LogP contribution in [0, 0.1) is 0 Å². The minimum Gasteiger partial charge on any atom is -0.317 e. The lowest BCUT2D eigenvalue weighted by Crippen LogP contribution is -2.33. The third-order valence-corrected chi connectivity index (χ3v) is 6.25. The fraction of sp³-hybridized carbons (Fsp3) is 0.300. The van der Waals surface area contributed by atoms with E-state index in [-0.39, 0.29) is 0 Å². The van der Waals surface area contributed by atoms with Crippen LogP contribution in [0.5, 0.6) is 0 Å². The van der Waals surface area contributed by atoms with E-state index in [2.05, 4.69) is 59.0 Å². The zero-order valence-electron chi connectivity index (χ0n) is 11.9. The van der Waals surface area contributed by atoms with Gasteiger partial charge in [0.1, 0.15) is 0 Å². The minimum absolute atomic E-state index is 0.707. The molecule has 1 aliphatic heterocycles. The number of benzene rings is 1. The maximum Gasteiger partial charge on any atom is 0.0456 e. The van der Waals surface area contributed by atoms with Crippen LogP contribution in [0.2, 0.25) is 0 Å². The molecule has 102 valence electrons. The molecule has 3 heterocycles. The van der Waals surface area contributed by atoms with Gasteiger partial charge >= 0.3 is 0 Å². The second kappa shape index (κ2) is 3.41. The Hall–Kier alpha value is -2.02. The van der Waals surface area contributed by atoms with Crippen LogP contribution < -0.4 is 0 Å². The standard InChI is InChI=1S/C20H17N/c1-2-6-14-13(5-1)15-9-10-16(14)20-18-11-8-12-4-3-7-17(19(15)20)21(12)18/h1-8,11,15-16,19-20H,9-10H2. The Morgan fingerprint density at radius 2 is 1.33 bits per heavy atom. The highest BCUT2D eigenvalue weighted by molar-refractivity contribution is 5.59. The van der Waals surface area contributed by atoms with Crippen molar-refractivity contribution in [3.63, 3.8) is 0 Å². The van der Waals surface area contributed by atoms with Crippen molar-refractivity contribution in [2.45, 2.75) is 36.5 Å². The van der Waals surface area contributed by atoms with Gasteiger partial charge in [-0.2, -0.15) is 0 Å². The Bertz CT molecular complexity index is 873. The molecule has 3 aliphatic carbocycles. The molecule has 1 saturated carbocycles. The largest absolute Gasteiger partial charge is 0.317 e. The van der Waals surface area contributed by atoms with E-state index in [0.717, 1.165) is 11.8 Å². The molecule has 1 nitrogen and oxygen atoms in total. The van der Waals surface area contributed by atoms with Gasteiger partial charge in [0.05, 0.1) is 0 Å². The normalized spacial score (nSPS) is 31.4. The van der Waals surface area contributed by atoms with E-state index in [9.17, 15) is 0 Å². The first-order chi connectivity index (χ1) is 10.4. The molecule has 1 aromatic carbocycles. The molecule has 0 radical (unpaired) electrons. The summed E-state index contributed by atoms with van der Waals surface area (Å²) in [6.45, 7) is 0. The van der Waals surface area contributed by atoms with Crippen molar-refractivity contribution in [3.05, 3.63) is 77.1 Å². The van der Waals surface area contributed by atoms with Crippen LogP contribution >= 0.6 is 0 Å². The van der Waals surface area contributed by atoms with E-state index in [1.165, 1.54) is 18.4 Å². The fourth-order valence-corrected chi connectivity index (χ4v) is 5.62. The second-order valence-corrected chi connectivity index (χ2v) is 6.94. The summed E-state index contributed by atoms with van der Waals surface area (Å²) in [6, 6.07) is 20.8. The third kappa shape index (κ3) is 1.09. The van der Waals surface area contributed by atoms with E-state index in [0.29, 0.717) is 11.8 Å². The summed E-state index contributed by atoms with van der Waals surface area (Å²) in [5.41, 5.74) is 7.77. The first kappa shape index (κ1) is 10.7. The number of pyridine rings is 1. The fourth-order valence-electron chi connectivity index (χ4n) is 5.62. The van der Waals surface area contributed by atoms with E-state index in [4.69, 9.17) is 0 Å². The minimum atomic E-state index is 0.707. The first-order valence-corrected chi connectivity index (χ1v) is 8.12. The lowest BCUT2D eigenvalue weighted by atomic mass is 9.56. The molecule has 0 N–H and O–H groups in total. The van der Waals surface area contributed by atoms with Crippen LogP contribution in [0.1, 0.15) is 59.0 Å². The molecule has 3 aromatic rings. The van der Waals surface area contributed by atoms with Gasteiger partial charge in [-0.15, -0.1) is 0 Å². The molecule has 4 unspecified atom stereocenters. The van der Waals surface area contributed by atoms with E-state index >= 15 is 0 Å². The van der Waals surface area contributed by atoms with Gasteiger partial charge in [-0.05, 0) is 60.1 Å². The van der Waals surface area contributed by atoms with Crippen molar-refractivity contribution in [1.82, 2.24) is 4.40 Å². The molecule has 7 rings (SSSR count). The van der Waals surface area contributed by atoms with Gasteiger partial charge in [-0.3, -0.25) is 0 Å². The monoisotopic (exact) mass is 271 g/mol. The third-order valence-electron chi connectivity index (χ3n) is 6.25. The highest BCUT2D eigenvalue weighted by Gasteiger charge is 2.51. The Balaban J connectivity index is 1.70. The van der Waals surface area contributed by atoms with Crippen molar-refractivity contribution in [2.75, 3.05) is 0 Å². The van der Waals surface area contributed by atoms with E-state index in [1.54, 1.807) is 22.5 Å². The average Bonchev–Trinajstić information content (AvgIpc) is 3.13. The molecule has 0 saturated heterocycles. The summed E-state index contributed by atoms with van der Waals surface area (Å²) < 4.78 is 2.55. The van der Waals surface area contributed by atoms with Gasteiger partial charge in [-0.1, -0.05) is 30.3 Å². The van der Waals surface area contributed by atoms with E-state index < -0.39 is 0 Å². The SMILES string of the molecule is c1ccc2c(c1)C1CCC2C2c3ccc4cccc(n34)C12. The van der Waals surface area contributed by atoms with Crippen LogP contribution in [0.15, 0.2) is 54.6 Å². The van der Waals surface area contributed by atoms with Crippen LogP contribution in [0.4, 0.5) is 0 Å². The zero-order chi connectivity index (χ0) is 13.6. The number of aromatic nitrogens is 1. The summed E-state index contributed by atoms with van der Waals surface area (Å²) in [5.74, 6) is 2.86. The summed E-state index contributed by atoms with van der Waals surface area (Å²) in [5, 5.41) is 0. The number of hydrogen-bond donors (Lipinski definition) is 0. The van der Waals surface area contributed by atoms with Gasteiger partial charge in [0.15, 0.2) is 0 Å². The van der Waals surface area contributed by atoms with Crippen molar-refractivity contribution < 1.29 is 0 Å². The molecule has 0 amide bonds. The average molecular weight is 271 g/mol. The lowest BCUT2D eigenvalue weighted by molar-refractivity contribution is 0.278. The number of fused-ring (bicyclic) bond motifs is 1. The van der Waals surface area contributed by atoms with Gasteiger partial charge in [0, 0.05) is 28.7 Å². The molecular weight excluding hydrogens is 254 g/mol. The maximum atomic E-state index is 2.55.